The Morgan fingerprint density at radius 3 is 1.61 bits per heavy atom. The quantitative estimate of drug-likeness (QED) is 0.0984. The number of benzene rings is 3. The molecule has 4 fully saturated rings. The third-order valence-corrected chi connectivity index (χ3v) is 13.0. The minimum absolute atomic E-state index is 0.118. The molecule has 0 unspecified atom stereocenters. The largest absolute Gasteiger partial charge is 0.481 e. The summed E-state index contributed by atoms with van der Waals surface area (Å²) in [6, 6.07) is 25.4. The minimum Gasteiger partial charge on any atom is -0.481 e. The lowest BCUT2D eigenvalue weighted by atomic mass is 9.84. The number of carboxylic acid groups (broad SMARTS) is 3. The summed E-state index contributed by atoms with van der Waals surface area (Å²) in [7, 11) is 0. The van der Waals surface area contributed by atoms with E-state index in [0.29, 0.717) is 25.8 Å². The van der Waals surface area contributed by atoms with E-state index in [2.05, 4.69) is 74.7 Å². The van der Waals surface area contributed by atoms with Crippen LogP contribution in [-0.4, -0.2) is 90.0 Å². The van der Waals surface area contributed by atoms with Crippen molar-refractivity contribution in [2.24, 2.45) is 35.5 Å². The van der Waals surface area contributed by atoms with Gasteiger partial charge in [0.25, 0.3) is 0 Å². The van der Waals surface area contributed by atoms with Crippen LogP contribution in [0.4, 0.5) is 5.69 Å². The maximum atomic E-state index is 12.4. The molecule has 3 aromatic carbocycles. The highest BCUT2D eigenvalue weighted by Crippen LogP contribution is 2.36. The van der Waals surface area contributed by atoms with Crippen molar-refractivity contribution >= 4 is 23.6 Å². The SMILES string of the molecule is O=C(O)[C@@H](Cc1cccc(CN2C[C@H](Nc3cccc(C[C@H](C(=O)O)[C@H]4CCNC4)c3)CC[C@@H]2c2cccc(C[C@H](C(=O)O)[C@H]3CCNC3)c2)c1)[C@H]1CCNC1. The standard InChI is InChI=1S/C45H59N5O6/c51-43(52)39(34-12-15-46-24-34)21-29-4-1-7-32(18-29)27-50-28-38(49-37-9-3-6-31(20-37)23-41(45(55)56)36-14-17-48-26-36)10-11-42(50)33-8-2-5-30(19-33)22-40(44(53)54)35-13-16-47-25-35/h1-9,18-20,34-36,38-42,46-49H,10-17,21-28H2,(H,51,52)(H,53,54)(H,55,56)/t34-,35-,36-,38+,39-,40-,41-,42+/m0/s1. The van der Waals surface area contributed by atoms with Gasteiger partial charge in [-0.1, -0.05) is 60.7 Å². The molecule has 4 saturated heterocycles. The Morgan fingerprint density at radius 1 is 0.607 bits per heavy atom. The first-order chi connectivity index (χ1) is 27.2. The van der Waals surface area contributed by atoms with Crippen LogP contribution in [0.2, 0.25) is 0 Å². The zero-order chi connectivity index (χ0) is 39.0. The van der Waals surface area contributed by atoms with E-state index in [1.807, 2.05) is 24.3 Å². The van der Waals surface area contributed by atoms with E-state index >= 15 is 0 Å². The number of aliphatic carboxylic acids is 3. The second kappa shape index (κ2) is 18.8. The molecule has 300 valence electrons. The summed E-state index contributed by atoms with van der Waals surface area (Å²) in [6.07, 6.45) is 5.99. The summed E-state index contributed by atoms with van der Waals surface area (Å²) >= 11 is 0. The van der Waals surface area contributed by atoms with E-state index in [9.17, 15) is 29.7 Å². The highest BCUT2D eigenvalue weighted by Gasteiger charge is 2.34. The summed E-state index contributed by atoms with van der Waals surface area (Å²) in [5, 5.41) is 44.1. The molecule has 56 heavy (non-hydrogen) atoms. The average Bonchev–Trinajstić information content (AvgIpc) is 4.01. The van der Waals surface area contributed by atoms with Gasteiger partial charge in [0.15, 0.2) is 0 Å². The number of anilines is 1. The summed E-state index contributed by atoms with van der Waals surface area (Å²) in [5.41, 5.74) is 6.43. The van der Waals surface area contributed by atoms with Crippen molar-refractivity contribution in [3.63, 3.8) is 0 Å². The Morgan fingerprint density at radius 2 is 1.09 bits per heavy atom. The zero-order valence-electron chi connectivity index (χ0n) is 32.4. The van der Waals surface area contributed by atoms with Crippen molar-refractivity contribution in [3.8, 4) is 0 Å². The number of nitrogens with one attached hydrogen (secondary N) is 4. The maximum Gasteiger partial charge on any atom is 0.307 e. The van der Waals surface area contributed by atoms with E-state index in [1.165, 1.54) is 5.56 Å². The molecular formula is C45H59N5O6. The zero-order valence-corrected chi connectivity index (χ0v) is 32.4. The predicted octanol–water partition coefficient (Wildman–Crippen LogP) is 5.06. The molecular weight excluding hydrogens is 707 g/mol. The van der Waals surface area contributed by atoms with Gasteiger partial charge in [-0.05, 0) is 148 Å². The van der Waals surface area contributed by atoms with Crippen molar-refractivity contribution in [2.75, 3.05) is 51.1 Å². The number of rotatable bonds is 17. The molecule has 4 heterocycles. The topological polar surface area (TPSA) is 163 Å². The third-order valence-electron chi connectivity index (χ3n) is 13.0. The van der Waals surface area contributed by atoms with E-state index in [4.69, 9.17) is 0 Å². The lowest BCUT2D eigenvalue weighted by molar-refractivity contribution is -0.144. The van der Waals surface area contributed by atoms with Crippen LogP contribution >= 0.6 is 0 Å². The lowest BCUT2D eigenvalue weighted by Crippen LogP contribution is -2.43. The molecule has 7 N–H and O–H groups in total. The Hall–Kier alpha value is -4.29. The number of hydrogen-bond acceptors (Lipinski definition) is 8. The van der Waals surface area contributed by atoms with Gasteiger partial charge in [-0.3, -0.25) is 19.3 Å². The second-order valence-corrected chi connectivity index (χ2v) is 16.8. The summed E-state index contributed by atoms with van der Waals surface area (Å²) in [4.78, 5) is 39.5. The van der Waals surface area contributed by atoms with E-state index < -0.39 is 35.7 Å². The molecule has 4 aliphatic heterocycles. The maximum absolute atomic E-state index is 12.4. The molecule has 0 aliphatic carbocycles. The van der Waals surface area contributed by atoms with Crippen LogP contribution in [0.15, 0.2) is 72.8 Å². The summed E-state index contributed by atoms with van der Waals surface area (Å²) in [5.74, 6) is -3.09. The van der Waals surface area contributed by atoms with Gasteiger partial charge in [-0.2, -0.15) is 0 Å². The number of likely N-dealkylation sites (tertiary alicyclic amines) is 1. The van der Waals surface area contributed by atoms with Gasteiger partial charge >= 0.3 is 17.9 Å². The van der Waals surface area contributed by atoms with Crippen molar-refractivity contribution in [1.82, 2.24) is 20.9 Å². The van der Waals surface area contributed by atoms with Crippen LogP contribution in [0.3, 0.4) is 0 Å². The van der Waals surface area contributed by atoms with Crippen molar-refractivity contribution < 1.29 is 29.7 Å². The molecule has 4 aliphatic rings. The average molecular weight is 766 g/mol. The van der Waals surface area contributed by atoms with Gasteiger partial charge < -0.3 is 36.6 Å². The van der Waals surface area contributed by atoms with Crippen LogP contribution < -0.4 is 21.3 Å². The van der Waals surface area contributed by atoms with Gasteiger partial charge in [0.2, 0.25) is 0 Å². The first-order valence-electron chi connectivity index (χ1n) is 20.8. The van der Waals surface area contributed by atoms with Crippen LogP contribution in [0.1, 0.15) is 66.0 Å². The highest BCUT2D eigenvalue weighted by molar-refractivity contribution is 5.72. The Balaban J connectivity index is 1.10. The Labute approximate surface area is 330 Å². The van der Waals surface area contributed by atoms with Crippen molar-refractivity contribution in [3.05, 3.63) is 101 Å². The van der Waals surface area contributed by atoms with Crippen LogP contribution in [0, 0.1) is 35.5 Å². The highest BCUT2D eigenvalue weighted by atomic mass is 16.4. The molecule has 0 radical (unpaired) electrons. The van der Waals surface area contributed by atoms with Crippen LogP contribution in [0.25, 0.3) is 0 Å². The molecule has 8 atom stereocenters. The fourth-order valence-electron chi connectivity index (χ4n) is 9.94. The molecule has 3 aromatic rings. The number of piperidine rings is 1. The third kappa shape index (κ3) is 10.2. The first-order valence-corrected chi connectivity index (χ1v) is 20.8. The smallest absolute Gasteiger partial charge is 0.307 e. The number of carboxylic acids is 3. The van der Waals surface area contributed by atoms with Gasteiger partial charge in [0, 0.05) is 30.9 Å². The summed E-state index contributed by atoms with van der Waals surface area (Å²) in [6.45, 7) is 6.28. The number of hydrogen-bond donors (Lipinski definition) is 7. The van der Waals surface area contributed by atoms with Gasteiger partial charge in [0.1, 0.15) is 0 Å². The van der Waals surface area contributed by atoms with Crippen molar-refractivity contribution in [2.45, 2.75) is 70.0 Å². The molecule has 7 rings (SSSR count). The molecule has 0 saturated carbocycles. The first kappa shape index (κ1) is 39.9. The van der Waals surface area contributed by atoms with Crippen molar-refractivity contribution in [1.29, 1.82) is 0 Å². The molecule has 0 amide bonds. The van der Waals surface area contributed by atoms with E-state index in [1.54, 1.807) is 0 Å². The normalized spacial score (nSPS) is 25.8. The van der Waals surface area contributed by atoms with Gasteiger partial charge in [0.05, 0.1) is 17.8 Å². The van der Waals surface area contributed by atoms with E-state index in [-0.39, 0.29) is 29.8 Å². The molecule has 0 spiro atoms. The Bertz CT molecular complexity index is 1800. The summed E-state index contributed by atoms with van der Waals surface area (Å²) < 4.78 is 0. The second-order valence-electron chi connectivity index (χ2n) is 16.8. The van der Waals surface area contributed by atoms with Gasteiger partial charge in [-0.25, -0.2) is 0 Å². The monoisotopic (exact) mass is 765 g/mol. The Kier molecular flexibility index (Phi) is 13.4. The number of nitrogens with zero attached hydrogens (tertiary/aromatic N) is 1. The minimum atomic E-state index is -0.735. The fraction of sp³-hybridized carbons (Fsp3) is 0.533. The van der Waals surface area contributed by atoms with Crippen LogP contribution in [0.5, 0.6) is 0 Å². The lowest BCUT2D eigenvalue weighted by Gasteiger charge is -2.41. The molecule has 11 heteroatoms. The molecule has 0 aromatic heterocycles. The predicted molar refractivity (Wildman–Crippen MR) is 217 cm³/mol. The molecule has 11 nitrogen and oxygen atoms in total. The molecule has 0 bridgehead atoms. The van der Waals surface area contributed by atoms with Crippen LogP contribution in [-0.2, 0) is 40.2 Å². The van der Waals surface area contributed by atoms with Gasteiger partial charge in [-0.15, -0.1) is 0 Å². The number of carbonyl (C=O) groups is 3. The fourth-order valence-corrected chi connectivity index (χ4v) is 9.94. The van der Waals surface area contributed by atoms with E-state index in [0.717, 1.165) is 106 Å².